The van der Waals surface area contributed by atoms with Crippen molar-refractivity contribution in [2.75, 3.05) is 26.2 Å². The van der Waals surface area contributed by atoms with Gasteiger partial charge in [-0.25, -0.2) is 0 Å². The number of aliphatic hydroxyl groups excluding tert-OH is 1. The molecule has 2 fully saturated rings. The first kappa shape index (κ1) is 14.3. The van der Waals surface area contributed by atoms with Gasteiger partial charge in [0, 0.05) is 36.6 Å². The second-order valence-electron chi connectivity index (χ2n) is 5.99. The summed E-state index contributed by atoms with van der Waals surface area (Å²) < 4.78 is 0. The molecule has 3 nitrogen and oxygen atoms in total. The van der Waals surface area contributed by atoms with Crippen LogP contribution < -0.4 is 5.32 Å². The van der Waals surface area contributed by atoms with Crippen LogP contribution in [0, 0.1) is 0 Å². The van der Waals surface area contributed by atoms with Gasteiger partial charge in [-0.05, 0) is 43.5 Å². The Bertz CT molecular complexity index is 429. The van der Waals surface area contributed by atoms with E-state index in [4.69, 9.17) is 11.6 Å². The average molecular weight is 295 g/mol. The van der Waals surface area contributed by atoms with E-state index in [0.29, 0.717) is 12.0 Å². The zero-order valence-electron chi connectivity index (χ0n) is 11.8. The van der Waals surface area contributed by atoms with Crippen LogP contribution in [0.4, 0.5) is 0 Å². The van der Waals surface area contributed by atoms with Crippen LogP contribution in [0.2, 0.25) is 5.02 Å². The highest BCUT2D eigenvalue weighted by atomic mass is 35.5. The molecule has 0 amide bonds. The van der Waals surface area contributed by atoms with Crippen molar-refractivity contribution in [2.45, 2.75) is 37.3 Å². The zero-order valence-corrected chi connectivity index (χ0v) is 12.5. The van der Waals surface area contributed by atoms with Crippen LogP contribution in [0.1, 0.15) is 30.7 Å². The highest BCUT2D eigenvalue weighted by Crippen LogP contribution is 2.30. The smallest absolute Gasteiger partial charge is 0.0564 e. The number of hydrogen-bond acceptors (Lipinski definition) is 3. The highest BCUT2D eigenvalue weighted by molar-refractivity contribution is 6.30. The van der Waals surface area contributed by atoms with E-state index in [1.165, 1.54) is 12.0 Å². The quantitative estimate of drug-likeness (QED) is 0.878. The SMILES string of the molecule is OC1CCN(C2CCNCC2c2ccc(Cl)cc2)CC1. The molecule has 4 heteroatoms. The minimum absolute atomic E-state index is 0.0954. The van der Waals surface area contributed by atoms with E-state index in [2.05, 4.69) is 22.3 Å². The fourth-order valence-corrected chi connectivity index (χ4v) is 3.68. The summed E-state index contributed by atoms with van der Waals surface area (Å²) in [7, 11) is 0. The molecule has 2 saturated heterocycles. The summed E-state index contributed by atoms with van der Waals surface area (Å²) in [6.45, 7) is 4.17. The molecular formula is C16H23ClN2O. The molecule has 20 heavy (non-hydrogen) atoms. The van der Waals surface area contributed by atoms with Crippen molar-refractivity contribution in [3.63, 3.8) is 0 Å². The van der Waals surface area contributed by atoms with Crippen molar-refractivity contribution in [3.05, 3.63) is 34.9 Å². The summed E-state index contributed by atoms with van der Waals surface area (Å²) >= 11 is 6.00. The van der Waals surface area contributed by atoms with Gasteiger partial charge in [0.2, 0.25) is 0 Å². The Morgan fingerprint density at radius 1 is 1.10 bits per heavy atom. The van der Waals surface area contributed by atoms with E-state index in [1.54, 1.807) is 0 Å². The van der Waals surface area contributed by atoms with Gasteiger partial charge in [-0.15, -0.1) is 0 Å². The van der Waals surface area contributed by atoms with Gasteiger partial charge in [0.15, 0.2) is 0 Å². The van der Waals surface area contributed by atoms with Gasteiger partial charge in [-0.3, -0.25) is 4.90 Å². The second-order valence-corrected chi connectivity index (χ2v) is 6.42. The van der Waals surface area contributed by atoms with Crippen molar-refractivity contribution in [2.24, 2.45) is 0 Å². The Morgan fingerprint density at radius 2 is 1.80 bits per heavy atom. The van der Waals surface area contributed by atoms with Crippen LogP contribution in [0.15, 0.2) is 24.3 Å². The molecule has 0 aromatic heterocycles. The van der Waals surface area contributed by atoms with E-state index >= 15 is 0 Å². The molecule has 110 valence electrons. The first-order chi connectivity index (χ1) is 9.74. The largest absolute Gasteiger partial charge is 0.393 e. The van der Waals surface area contributed by atoms with Gasteiger partial charge < -0.3 is 10.4 Å². The van der Waals surface area contributed by atoms with E-state index in [9.17, 15) is 5.11 Å². The molecule has 0 saturated carbocycles. The molecule has 2 N–H and O–H groups in total. The topological polar surface area (TPSA) is 35.5 Å². The molecule has 2 atom stereocenters. The van der Waals surface area contributed by atoms with Gasteiger partial charge in [-0.2, -0.15) is 0 Å². The van der Waals surface area contributed by atoms with Crippen molar-refractivity contribution in [1.29, 1.82) is 0 Å². The highest BCUT2D eigenvalue weighted by Gasteiger charge is 2.32. The number of hydrogen-bond donors (Lipinski definition) is 2. The Morgan fingerprint density at radius 3 is 2.50 bits per heavy atom. The molecule has 2 unspecified atom stereocenters. The van der Waals surface area contributed by atoms with E-state index < -0.39 is 0 Å². The predicted octanol–water partition coefficient (Wildman–Crippen LogP) is 2.24. The molecule has 0 spiro atoms. The molecule has 3 rings (SSSR count). The molecular weight excluding hydrogens is 272 g/mol. The first-order valence-electron chi connectivity index (χ1n) is 7.62. The van der Waals surface area contributed by atoms with Crippen LogP contribution >= 0.6 is 11.6 Å². The Labute approximate surface area is 125 Å². The Kier molecular flexibility index (Phi) is 4.61. The monoisotopic (exact) mass is 294 g/mol. The first-order valence-corrected chi connectivity index (χ1v) is 8.00. The number of benzene rings is 1. The van der Waals surface area contributed by atoms with Crippen LogP contribution in [0.5, 0.6) is 0 Å². The molecule has 0 bridgehead atoms. The predicted molar refractivity (Wildman–Crippen MR) is 82.3 cm³/mol. The summed E-state index contributed by atoms with van der Waals surface area (Å²) in [6.07, 6.45) is 2.92. The number of likely N-dealkylation sites (tertiary alicyclic amines) is 1. The third-order valence-corrected chi connectivity index (χ3v) is 4.96. The number of rotatable bonds is 2. The summed E-state index contributed by atoms with van der Waals surface area (Å²) in [4.78, 5) is 2.58. The minimum Gasteiger partial charge on any atom is -0.393 e. The fraction of sp³-hybridized carbons (Fsp3) is 0.625. The normalized spacial score (nSPS) is 29.5. The average Bonchev–Trinajstić information content (AvgIpc) is 2.49. The molecule has 1 aromatic carbocycles. The lowest BCUT2D eigenvalue weighted by Crippen LogP contribution is -2.51. The van der Waals surface area contributed by atoms with Gasteiger partial charge in [0.05, 0.1) is 6.10 Å². The summed E-state index contributed by atoms with van der Waals surface area (Å²) in [5.74, 6) is 0.524. The van der Waals surface area contributed by atoms with Crippen molar-refractivity contribution in [1.82, 2.24) is 10.2 Å². The molecule has 0 aliphatic carbocycles. The third kappa shape index (κ3) is 3.17. The van der Waals surface area contributed by atoms with E-state index in [-0.39, 0.29) is 6.10 Å². The summed E-state index contributed by atoms with van der Waals surface area (Å²) in [6, 6.07) is 8.88. The van der Waals surface area contributed by atoms with Crippen molar-refractivity contribution < 1.29 is 5.11 Å². The van der Waals surface area contributed by atoms with Gasteiger partial charge in [0.25, 0.3) is 0 Å². The number of nitrogens with zero attached hydrogens (tertiary/aromatic N) is 1. The second kappa shape index (κ2) is 6.44. The molecule has 2 aliphatic rings. The van der Waals surface area contributed by atoms with Gasteiger partial charge >= 0.3 is 0 Å². The van der Waals surface area contributed by atoms with Crippen molar-refractivity contribution >= 4 is 11.6 Å². The van der Waals surface area contributed by atoms with Gasteiger partial charge in [0.1, 0.15) is 0 Å². The number of nitrogens with one attached hydrogen (secondary N) is 1. The maximum absolute atomic E-state index is 9.69. The lowest BCUT2D eigenvalue weighted by atomic mass is 9.85. The lowest BCUT2D eigenvalue weighted by Gasteiger charge is -2.43. The number of halogens is 1. The molecule has 2 heterocycles. The minimum atomic E-state index is -0.0954. The lowest BCUT2D eigenvalue weighted by molar-refractivity contribution is 0.0458. The molecule has 1 aromatic rings. The summed E-state index contributed by atoms with van der Waals surface area (Å²) in [5.41, 5.74) is 1.37. The summed E-state index contributed by atoms with van der Waals surface area (Å²) in [5, 5.41) is 14.0. The van der Waals surface area contributed by atoms with Crippen molar-refractivity contribution in [3.8, 4) is 0 Å². The van der Waals surface area contributed by atoms with Crippen LogP contribution in [0.25, 0.3) is 0 Å². The van der Waals surface area contributed by atoms with E-state index in [1.807, 2.05) is 12.1 Å². The zero-order chi connectivity index (χ0) is 13.9. The standard InChI is InChI=1S/C16H23ClN2O/c17-13-3-1-12(2-4-13)15-11-18-8-5-16(15)19-9-6-14(20)7-10-19/h1-4,14-16,18,20H,5-11H2. The fourth-order valence-electron chi connectivity index (χ4n) is 3.55. The maximum Gasteiger partial charge on any atom is 0.0564 e. The Hall–Kier alpha value is -0.610. The molecule has 0 radical (unpaired) electrons. The van der Waals surface area contributed by atoms with Crippen LogP contribution in [0.3, 0.4) is 0 Å². The Balaban J connectivity index is 1.75. The number of aliphatic hydroxyl groups is 1. The van der Waals surface area contributed by atoms with Crippen LogP contribution in [-0.2, 0) is 0 Å². The molecule has 2 aliphatic heterocycles. The van der Waals surface area contributed by atoms with E-state index in [0.717, 1.165) is 44.0 Å². The van der Waals surface area contributed by atoms with Crippen LogP contribution in [-0.4, -0.2) is 48.3 Å². The third-order valence-electron chi connectivity index (χ3n) is 4.71. The van der Waals surface area contributed by atoms with Gasteiger partial charge in [-0.1, -0.05) is 23.7 Å². The number of piperidine rings is 2. The maximum atomic E-state index is 9.69.